The minimum atomic E-state index is -0.0317. The van der Waals surface area contributed by atoms with Gasteiger partial charge in [-0.3, -0.25) is 9.48 Å². The Morgan fingerprint density at radius 1 is 1.29 bits per heavy atom. The molecule has 0 unspecified atom stereocenters. The van der Waals surface area contributed by atoms with Crippen LogP contribution in [0.3, 0.4) is 0 Å². The van der Waals surface area contributed by atoms with Crippen LogP contribution in [0.15, 0.2) is 30.3 Å². The zero-order chi connectivity index (χ0) is 12.4. The molecule has 0 saturated carbocycles. The number of ketones is 1. The summed E-state index contributed by atoms with van der Waals surface area (Å²) in [5, 5.41) is 4.16. The van der Waals surface area contributed by atoms with Gasteiger partial charge in [-0.2, -0.15) is 5.10 Å². The third kappa shape index (κ3) is 2.20. The van der Waals surface area contributed by atoms with E-state index in [0.29, 0.717) is 11.3 Å². The molecule has 0 N–H and O–H groups in total. The number of nitrogens with zero attached hydrogens (tertiary/aromatic N) is 2. The highest BCUT2D eigenvalue weighted by Gasteiger charge is 2.13. The van der Waals surface area contributed by atoms with E-state index < -0.39 is 0 Å². The lowest BCUT2D eigenvalue weighted by Gasteiger charge is -2.03. The van der Waals surface area contributed by atoms with Gasteiger partial charge in [0.15, 0.2) is 0 Å². The normalized spacial score (nSPS) is 10.3. The van der Waals surface area contributed by atoms with Gasteiger partial charge in [-0.15, -0.1) is 0 Å². The molecule has 1 aromatic heterocycles. The van der Waals surface area contributed by atoms with Crippen molar-refractivity contribution in [3.8, 4) is 5.75 Å². The van der Waals surface area contributed by atoms with Gasteiger partial charge in [-0.05, 0) is 37.3 Å². The van der Waals surface area contributed by atoms with E-state index in [2.05, 4.69) is 5.10 Å². The van der Waals surface area contributed by atoms with Crippen molar-refractivity contribution in [2.24, 2.45) is 7.05 Å². The third-order valence-electron chi connectivity index (χ3n) is 2.59. The number of rotatable bonds is 3. The van der Waals surface area contributed by atoms with Crippen LogP contribution in [-0.2, 0) is 7.05 Å². The number of aryl methyl sites for hydroxylation is 2. The topological polar surface area (TPSA) is 44.1 Å². The van der Waals surface area contributed by atoms with E-state index in [1.165, 1.54) is 0 Å². The van der Waals surface area contributed by atoms with Gasteiger partial charge in [0.25, 0.3) is 0 Å². The molecule has 17 heavy (non-hydrogen) atoms. The average Bonchev–Trinajstić information content (AvgIpc) is 2.68. The lowest BCUT2D eigenvalue weighted by Crippen LogP contribution is -2.08. The monoisotopic (exact) mass is 230 g/mol. The molecule has 0 radical (unpaired) electrons. The molecular formula is C13H14N2O2. The maximum Gasteiger partial charge on any atom is 0.211 e. The van der Waals surface area contributed by atoms with Gasteiger partial charge >= 0.3 is 0 Å². The minimum Gasteiger partial charge on any atom is -0.497 e. The first kappa shape index (κ1) is 11.4. The Balaban J connectivity index is 2.33. The number of methoxy groups -OCH3 is 1. The maximum absolute atomic E-state index is 12.2. The number of hydrogen-bond donors (Lipinski definition) is 0. The summed E-state index contributed by atoms with van der Waals surface area (Å²) in [5.41, 5.74) is 2.06. The molecule has 0 spiro atoms. The van der Waals surface area contributed by atoms with Crippen LogP contribution in [0.2, 0.25) is 0 Å². The summed E-state index contributed by atoms with van der Waals surface area (Å²) in [6.07, 6.45) is 0. The second kappa shape index (κ2) is 4.41. The van der Waals surface area contributed by atoms with E-state index in [4.69, 9.17) is 4.74 Å². The van der Waals surface area contributed by atoms with Crippen LogP contribution in [0, 0.1) is 6.92 Å². The summed E-state index contributed by atoms with van der Waals surface area (Å²) in [6.45, 7) is 1.87. The molecule has 4 heteroatoms. The fourth-order valence-electron chi connectivity index (χ4n) is 1.71. The summed E-state index contributed by atoms with van der Waals surface area (Å²) in [5.74, 6) is 0.707. The van der Waals surface area contributed by atoms with Gasteiger partial charge in [0, 0.05) is 12.6 Å². The fraction of sp³-hybridized carbons (Fsp3) is 0.231. The number of benzene rings is 1. The SMILES string of the molecule is COc1ccc(C(=O)c2cc(C)nn2C)cc1. The van der Waals surface area contributed by atoms with Crippen LogP contribution < -0.4 is 4.74 Å². The Morgan fingerprint density at radius 3 is 2.41 bits per heavy atom. The Kier molecular flexibility index (Phi) is 2.95. The Morgan fingerprint density at radius 2 is 1.94 bits per heavy atom. The molecular weight excluding hydrogens is 216 g/mol. The number of ether oxygens (including phenoxy) is 1. The Bertz CT molecular complexity index is 541. The summed E-state index contributed by atoms with van der Waals surface area (Å²) in [6, 6.07) is 8.84. The smallest absolute Gasteiger partial charge is 0.211 e. The molecule has 4 nitrogen and oxygen atoms in total. The first-order valence-corrected chi connectivity index (χ1v) is 5.31. The first-order chi connectivity index (χ1) is 8.11. The lowest BCUT2D eigenvalue weighted by atomic mass is 10.1. The zero-order valence-electron chi connectivity index (χ0n) is 10.1. The third-order valence-corrected chi connectivity index (χ3v) is 2.59. The summed E-state index contributed by atoms with van der Waals surface area (Å²) in [4.78, 5) is 12.2. The van der Waals surface area contributed by atoms with Crippen molar-refractivity contribution in [2.45, 2.75) is 6.92 Å². The Hall–Kier alpha value is -2.10. The molecule has 0 atom stereocenters. The molecule has 1 aromatic carbocycles. The molecule has 0 aliphatic heterocycles. The molecule has 2 rings (SSSR count). The summed E-state index contributed by atoms with van der Waals surface area (Å²) < 4.78 is 6.65. The van der Waals surface area contributed by atoms with Crippen LogP contribution in [0.1, 0.15) is 21.7 Å². The predicted octanol–water partition coefficient (Wildman–Crippen LogP) is 1.97. The first-order valence-electron chi connectivity index (χ1n) is 5.31. The minimum absolute atomic E-state index is 0.0317. The van der Waals surface area contributed by atoms with Crippen molar-refractivity contribution in [1.29, 1.82) is 0 Å². The molecule has 1 heterocycles. The van der Waals surface area contributed by atoms with Gasteiger partial charge in [-0.25, -0.2) is 0 Å². The van der Waals surface area contributed by atoms with Gasteiger partial charge < -0.3 is 4.74 Å². The quantitative estimate of drug-likeness (QED) is 0.757. The second-order valence-electron chi connectivity index (χ2n) is 3.85. The highest BCUT2D eigenvalue weighted by molar-refractivity contribution is 6.07. The van der Waals surface area contributed by atoms with E-state index in [1.807, 2.05) is 6.92 Å². The van der Waals surface area contributed by atoms with E-state index >= 15 is 0 Å². The predicted molar refractivity (Wildman–Crippen MR) is 64.4 cm³/mol. The van der Waals surface area contributed by atoms with Crippen molar-refractivity contribution < 1.29 is 9.53 Å². The number of aromatic nitrogens is 2. The van der Waals surface area contributed by atoms with Crippen LogP contribution >= 0.6 is 0 Å². The molecule has 0 amide bonds. The maximum atomic E-state index is 12.2. The number of carbonyl (C=O) groups is 1. The van der Waals surface area contributed by atoms with Gasteiger partial charge in [0.2, 0.25) is 5.78 Å². The van der Waals surface area contributed by atoms with E-state index in [-0.39, 0.29) is 5.78 Å². The molecule has 0 bridgehead atoms. The van der Waals surface area contributed by atoms with Crippen molar-refractivity contribution in [2.75, 3.05) is 7.11 Å². The number of hydrogen-bond acceptors (Lipinski definition) is 3. The Labute approximate surface area is 99.8 Å². The van der Waals surface area contributed by atoms with E-state index in [0.717, 1.165) is 11.4 Å². The molecule has 0 fully saturated rings. The van der Waals surface area contributed by atoms with E-state index in [9.17, 15) is 4.79 Å². The lowest BCUT2D eigenvalue weighted by molar-refractivity contribution is 0.103. The number of carbonyl (C=O) groups excluding carboxylic acids is 1. The average molecular weight is 230 g/mol. The molecule has 0 aliphatic rings. The summed E-state index contributed by atoms with van der Waals surface area (Å²) >= 11 is 0. The molecule has 2 aromatic rings. The molecule has 88 valence electrons. The highest BCUT2D eigenvalue weighted by Crippen LogP contribution is 2.15. The standard InChI is InChI=1S/C13H14N2O2/c1-9-8-12(15(2)14-9)13(16)10-4-6-11(17-3)7-5-10/h4-8H,1-3H3. The fourth-order valence-corrected chi connectivity index (χ4v) is 1.71. The van der Waals surface area contributed by atoms with E-state index in [1.54, 1.807) is 49.2 Å². The largest absolute Gasteiger partial charge is 0.497 e. The van der Waals surface area contributed by atoms with Gasteiger partial charge in [-0.1, -0.05) is 0 Å². The summed E-state index contributed by atoms with van der Waals surface area (Å²) in [7, 11) is 3.37. The zero-order valence-corrected chi connectivity index (χ0v) is 10.1. The van der Waals surface area contributed by atoms with Gasteiger partial charge in [0.05, 0.1) is 12.8 Å². The second-order valence-corrected chi connectivity index (χ2v) is 3.85. The van der Waals surface area contributed by atoms with Crippen molar-refractivity contribution in [3.05, 3.63) is 47.3 Å². The van der Waals surface area contributed by atoms with Crippen molar-refractivity contribution in [3.63, 3.8) is 0 Å². The highest BCUT2D eigenvalue weighted by atomic mass is 16.5. The molecule has 0 saturated heterocycles. The van der Waals surface area contributed by atoms with Crippen molar-refractivity contribution in [1.82, 2.24) is 9.78 Å². The van der Waals surface area contributed by atoms with Gasteiger partial charge in [0.1, 0.15) is 11.4 Å². The molecule has 0 aliphatic carbocycles. The van der Waals surface area contributed by atoms with Crippen molar-refractivity contribution >= 4 is 5.78 Å². The van der Waals surface area contributed by atoms with Crippen LogP contribution in [-0.4, -0.2) is 22.7 Å². The van der Waals surface area contributed by atoms with Crippen LogP contribution in [0.25, 0.3) is 0 Å². The van der Waals surface area contributed by atoms with Crippen LogP contribution in [0.4, 0.5) is 0 Å². The van der Waals surface area contributed by atoms with Crippen LogP contribution in [0.5, 0.6) is 5.75 Å².